The number of nitrogen functional groups attached to an aromatic ring is 1. The molecule has 1 aliphatic rings. The van der Waals surface area contributed by atoms with Gasteiger partial charge >= 0.3 is 0 Å². The highest BCUT2D eigenvalue weighted by molar-refractivity contribution is 5.41. The first-order chi connectivity index (χ1) is 9.15. The zero-order chi connectivity index (χ0) is 13.8. The minimum absolute atomic E-state index is 0.455. The van der Waals surface area contributed by atoms with Gasteiger partial charge in [0.25, 0.3) is 0 Å². The molecule has 3 heteroatoms. The Morgan fingerprint density at radius 3 is 2.53 bits per heavy atom. The minimum Gasteiger partial charge on any atom is -0.384 e. The van der Waals surface area contributed by atoms with Gasteiger partial charge in [-0.25, -0.2) is 4.98 Å². The molecule has 0 unspecified atom stereocenters. The lowest BCUT2D eigenvalue weighted by Crippen LogP contribution is -2.10. The highest BCUT2D eigenvalue weighted by Gasteiger charge is 2.24. The van der Waals surface area contributed by atoms with Crippen molar-refractivity contribution in [2.45, 2.75) is 84.1 Å². The number of rotatable bonds is 5. The van der Waals surface area contributed by atoms with Gasteiger partial charge in [0.1, 0.15) is 11.6 Å². The van der Waals surface area contributed by atoms with Crippen LogP contribution in [-0.4, -0.2) is 9.55 Å². The molecule has 0 bridgehead atoms. The highest BCUT2D eigenvalue weighted by atomic mass is 15.1. The lowest BCUT2D eigenvalue weighted by Gasteiger charge is -2.20. The molecule has 1 aliphatic carbocycles. The number of nitrogens with zero attached hydrogens (tertiary/aromatic N) is 2. The van der Waals surface area contributed by atoms with Gasteiger partial charge in [-0.3, -0.25) is 0 Å². The summed E-state index contributed by atoms with van der Waals surface area (Å²) in [5, 5.41) is 0. The Labute approximate surface area is 117 Å². The summed E-state index contributed by atoms with van der Waals surface area (Å²) in [6.45, 7) is 7.68. The Morgan fingerprint density at radius 1 is 1.26 bits per heavy atom. The molecule has 0 aliphatic heterocycles. The quantitative estimate of drug-likeness (QED) is 0.853. The van der Waals surface area contributed by atoms with Gasteiger partial charge in [0.15, 0.2) is 0 Å². The van der Waals surface area contributed by atoms with Crippen LogP contribution in [0.15, 0.2) is 0 Å². The molecular weight excluding hydrogens is 234 g/mol. The van der Waals surface area contributed by atoms with Gasteiger partial charge in [-0.1, -0.05) is 46.5 Å². The summed E-state index contributed by atoms with van der Waals surface area (Å²) in [5.74, 6) is 3.20. The molecule has 3 nitrogen and oxygen atoms in total. The highest BCUT2D eigenvalue weighted by Crippen LogP contribution is 2.36. The molecule has 1 aromatic heterocycles. The van der Waals surface area contributed by atoms with Gasteiger partial charge in [-0.05, 0) is 19.3 Å². The van der Waals surface area contributed by atoms with Crippen molar-refractivity contribution < 1.29 is 0 Å². The Hall–Kier alpha value is -0.990. The normalized spacial score (nSPS) is 17.3. The van der Waals surface area contributed by atoms with Crippen LogP contribution in [-0.2, 0) is 6.54 Å². The molecule has 0 atom stereocenters. The van der Waals surface area contributed by atoms with Crippen molar-refractivity contribution in [1.29, 1.82) is 0 Å². The number of aromatic nitrogens is 2. The Balaban J connectivity index is 2.28. The van der Waals surface area contributed by atoms with Crippen LogP contribution in [0, 0.1) is 0 Å². The monoisotopic (exact) mass is 263 g/mol. The first-order valence-electron chi connectivity index (χ1n) is 8.00. The third kappa shape index (κ3) is 3.13. The van der Waals surface area contributed by atoms with E-state index in [-0.39, 0.29) is 0 Å². The maximum atomic E-state index is 6.41. The van der Waals surface area contributed by atoms with E-state index in [0.29, 0.717) is 11.8 Å². The van der Waals surface area contributed by atoms with E-state index < -0.39 is 0 Å². The van der Waals surface area contributed by atoms with Crippen molar-refractivity contribution in [2.24, 2.45) is 0 Å². The van der Waals surface area contributed by atoms with E-state index in [1.54, 1.807) is 0 Å². The summed E-state index contributed by atoms with van der Waals surface area (Å²) in [7, 11) is 0. The fourth-order valence-corrected chi connectivity index (χ4v) is 3.17. The maximum absolute atomic E-state index is 6.41. The van der Waals surface area contributed by atoms with Crippen LogP contribution < -0.4 is 5.73 Å². The smallest absolute Gasteiger partial charge is 0.127 e. The topological polar surface area (TPSA) is 43.8 Å². The van der Waals surface area contributed by atoms with E-state index in [2.05, 4.69) is 25.3 Å². The minimum atomic E-state index is 0.455. The molecule has 2 N–H and O–H groups in total. The van der Waals surface area contributed by atoms with E-state index in [4.69, 9.17) is 10.7 Å². The van der Waals surface area contributed by atoms with Crippen molar-refractivity contribution in [3.63, 3.8) is 0 Å². The summed E-state index contributed by atoms with van der Waals surface area (Å²) in [6, 6.07) is 0. The van der Waals surface area contributed by atoms with Gasteiger partial charge in [-0.2, -0.15) is 0 Å². The summed E-state index contributed by atoms with van der Waals surface area (Å²) >= 11 is 0. The van der Waals surface area contributed by atoms with Crippen molar-refractivity contribution in [3.05, 3.63) is 11.5 Å². The molecule has 1 heterocycles. The molecule has 108 valence electrons. The molecular formula is C16H29N3. The number of nitrogens with two attached hydrogens (primary N) is 1. The van der Waals surface area contributed by atoms with Crippen LogP contribution in [0.1, 0.15) is 89.1 Å². The molecule has 0 radical (unpaired) electrons. The molecule has 1 aromatic rings. The van der Waals surface area contributed by atoms with E-state index >= 15 is 0 Å². The van der Waals surface area contributed by atoms with E-state index in [1.165, 1.54) is 56.5 Å². The lowest BCUT2D eigenvalue weighted by atomic mass is 9.87. The number of hydrogen-bond donors (Lipinski definition) is 1. The predicted octanol–water partition coefficient (Wildman–Crippen LogP) is 4.44. The second-order valence-electron chi connectivity index (χ2n) is 6.24. The largest absolute Gasteiger partial charge is 0.384 e. The summed E-state index contributed by atoms with van der Waals surface area (Å²) in [6.07, 6.45) is 8.98. The summed E-state index contributed by atoms with van der Waals surface area (Å²) in [4.78, 5) is 4.92. The average Bonchev–Trinajstić information content (AvgIpc) is 2.75. The van der Waals surface area contributed by atoms with Crippen LogP contribution in [0.4, 0.5) is 5.82 Å². The van der Waals surface area contributed by atoms with E-state index in [1.807, 2.05) is 0 Å². The van der Waals surface area contributed by atoms with Gasteiger partial charge in [0.05, 0.1) is 5.69 Å². The Morgan fingerprint density at radius 2 is 1.95 bits per heavy atom. The fourth-order valence-electron chi connectivity index (χ4n) is 3.17. The van der Waals surface area contributed by atoms with E-state index in [0.717, 1.165) is 12.4 Å². The number of hydrogen-bond acceptors (Lipinski definition) is 2. The zero-order valence-corrected chi connectivity index (χ0v) is 12.8. The van der Waals surface area contributed by atoms with Gasteiger partial charge in [-0.15, -0.1) is 0 Å². The van der Waals surface area contributed by atoms with Crippen LogP contribution in [0.2, 0.25) is 0 Å². The average molecular weight is 263 g/mol. The Bertz CT molecular complexity index is 400. The summed E-state index contributed by atoms with van der Waals surface area (Å²) in [5.41, 5.74) is 7.61. The fraction of sp³-hybridized carbons (Fsp3) is 0.812. The number of unbranched alkanes of at least 4 members (excludes halogenated alkanes) is 1. The second kappa shape index (κ2) is 6.44. The standard InChI is InChI=1S/C16H29N3/c1-4-5-11-19-15(17)14(18-16(19)12(2)3)13-9-7-6-8-10-13/h12-13H,4-11,17H2,1-3H3. The van der Waals surface area contributed by atoms with Gasteiger partial charge in [0, 0.05) is 18.4 Å². The van der Waals surface area contributed by atoms with E-state index in [9.17, 15) is 0 Å². The zero-order valence-electron chi connectivity index (χ0n) is 12.8. The van der Waals surface area contributed by atoms with Crippen molar-refractivity contribution in [3.8, 4) is 0 Å². The van der Waals surface area contributed by atoms with Crippen LogP contribution >= 0.6 is 0 Å². The van der Waals surface area contributed by atoms with Crippen LogP contribution in [0.25, 0.3) is 0 Å². The molecule has 0 spiro atoms. The molecule has 0 aromatic carbocycles. The van der Waals surface area contributed by atoms with Gasteiger partial charge < -0.3 is 10.3 Å². The molecule has 1 fully saturated rings. The van der Waals surface area contributed by atoms with Crippen molar-refractivity contribution >= 4 is 5.82 Å². The first-order valence-corrected chi connectivity index (χ1v) is 8.00. The third-order valence-electron chi connectivity index (χ3n) is 4.31. The predicted molar refractivity (Wildman–Crippen MR) is 81.5 cm³/mol. The van der Waals surface area contributed by atoms with Crippen molar-refractivity contribution in [2.75, 3.05) is 5.73 Å². The third-order valence-corrected chi connectivity index (χ3v) is 4.31. The van der Waals surface area contributed by atoms with Gasteiger partial charge in [0.2, 0.25) is 0 Å². The number of imidazole rings is 1. The second-order valence-corrected chi connectivity index (χ2v) is 6.24. The molecule has 0 amide bonds. The Kier molecular flexibility index (Phi) is 4.89. The lowest BCUT2D eigenvalue weighted by molar-refractivity contribution is 0.438. The van der Waals surface area contributed by atoms with Crippen LogP contribution in [0.5, 0.6) is 0 Å². The van der Waals surface area contributed by atoms with Crippen molar-refractivity contribution in [1.82, 2.24) is 9.55 Å². The number of anilines is 1. The molecule has 2 rings (SSSR count). The maximum Gasteiger partial charge on any atom is 0.127 e. The van der Waals surface area contributed by atoms with Crippen LogP contribution in [0.3, 0.4) is 0 Å². The molecule has 1 saturated carbocycles. The molecule has 19 heavy (non-hydrogen) atoms. The molecule has 0 saturated heterocycles. The summed E-state index contributed by atoms with van der Waals surface area (Å²) < 4.78 is 2.28. The SMILES string of the molecule is CCCCn1c(C(C)C)nc(C2CCCCC2)c1N. The first kappa shape index (κ1) is 14.4.